The highest BCUT2D eigenvalue weighted by molar-refractivity contribution is 7.14. The van der Waals surface area contributed by atoms with Crippen LogP contribution in [0.3, 0.4) is 0 Å². The number of hydrogen-bond donors (Lipinski definition) is 3. The number of benzene rings is 1. The Morgan fingerprint density at radius 2 is 2.00 bits per heavy atom. The van der Waals surface area contributed by atoms with E-state index in [-0.39, 0.29) is 18.4 Å². The fourth-order valence-corrected chi connectivity index (χ4v) is 2.39. The number of aromatic nitrogens is 1. The number of nitrogens with zero attached hydrogens (tertiary/aromatic N) is 1. The Morgan fingerprint density at radius 1 is 1.24 bits per heavy atom. The van der Waals surface area contributed by atoms with Gasteiger partial charge in [-0.2, -0.15) is 0 Å². The Labute approximate surface area is 126 Å². The molecule has 0 saturated carbocycles. The van der Waals surface area contributed by atoms with Crippen molar-refractivity contribution < 1.29 is 9.59 Å². The van der Waals surface area contributed by atoms with Crippen LogP contribution >= 0.6 is 11.3 Å². The zero-order valence-electron chi connectivity index (χ0n) is 11.3. The number of hydrogen-bond acceptors (Lipinski definition) is 4. The van der Waals surface area contributed by atoms with Crippen molar-refractivity contribution in [1.82, 2.24) is 10.3 Å². The second kappa shape index (κ2) is 7.39. The first-order chi connectivity index (χ1) is 10.1. The third-order valence-corrected chi connectivity index (χ3v) is 3.44. The molecule has 0 unspecified atom stereocenters. The fourth-order valence-electron chi connectivity index (χ4n) is 1.68. The van der Waals surface area contributed by atoms with Gasteiger partial charge >= 0.3 is 6.03 Å². The van der Waals surface area contributed by atoms with Crippen molar-refractivity contribution in [2.75, 3.05) is 11.9 Å². The summed E-state index contributed by atoms with van der Waals surface area (Å²) in [4.78, 5) is 26.5. The van der Waals surface area contributed by atoms with Crippen LogP contribution in [0.1, 0.15) is 12.8 Å². The first-order valence-corrected chi connectivity index (χ1v) is 7.37. The molecule has 1 aromatic heterocycles. The van der Waals surface area contributed by atoms with Gasteiger partial charge in [0.1, 0.15) is 0 Å². The molecule has 0 bridgehead atoms. The van der Waals surface area contributed by atoms with E-state index >= 15 is 0 Å². The van der Waals surface area contributed by atoms with Gasteiger partial charge in [-0.15, -0.1) is 11.3 Å². The smallest absolute Gasteiger partial charge is 0.321 e. The summed E-state index contributed by atoms with van der Waals surface area (Å²) in [5.74, 6) is -0.371. The predicted molar refractivity (Wildman–Crippen MR) is 83.0 cm³/mol. The number of thiazole rings is 1. The highest BCUT2D eigenvalue weighted by atomic mass is 32.1. The van der Waals surface area contributed by atoms with Crippen LogP contribution in [0.25, 0.3) is 11.3 Å². The van der Waals surface area contributed by atoms with Crippen LogP contribution in [0.4, 0.5) is 9.93 Å². The number of urea groups is 1. The van der Waals surface area contributed by atoms with E-state index in [2.05, 4.69) is 15.6 Å². The summed E-state index contributed by atoms with van der Waals surface area (Å²) in [5, 5.41) is 7.72. The SMILES string of the molecule is NC(=O)CCCNC(=O)Nc1nc(-c2ccccc2)cs1. The first kappa shape index (κ1) is 15.0. The van der Waals surface area contributed by atoms with Crippen LogP contribution in [0.5, 0.6) is 0 Å². The zero-order chi connectivity index (χ0) is 15.1. The molecule has 2 rings (SSSR count). The molecule has 0 saturated heterocycles. The standard InChI is InChI=1S/C14H16N4O2S/c15-12(19)7-4-8-16-13(20)18-14-17-11(9-21-14)10-5-2-1-3-6-10/h1-3,5-6,9H,4,7-8H2,(H2,15,19)(H2,16,17,18,20). The Morgan fingerprint density at radius 3 is 2.71 bits per heavy atom. The number of carbonyl (C=O) groups is 2. The van der Waals surface area contributed by atoms with E-state index in [0.29, 0.717) is 18.1 Å². The maximum absolute atomic E-state index is 11.6. The molecule has 7 heteroatoms. The summed E-state index contributed by atoms with van der Waals surface area (Å²) < 4.78 is 0. The van der Waals surface area contributed by atoms with Gasteiger partial charge in [0.25, 0.3) is 0 Å². The molecule has 0 aliphatic heterocycles. The Bertz CT molecular complexity index is 612. The van der Waals surface area contributed by atoms with Crippen molar-refractivity contribution in [1.29, 1.82) is 0 Å². The maximum atomic E-state index is 11.6. The van der Waals surface area contributed by atoms with Crippen LogP contribution in [0.15, 0.2) is 35.7 Å². The fraction of sp³-hybridized carbons (Fsp3) is 0.214. The molecule has 110 valence electrons. The van der Waals surface area contributed by atoms with Crippen LogP contribution in [-0.4, -0.2) is 23.5 Å². The summed E-state index contributed by atoms with van der Waals surface area (Å²) >= 11 is 1.36. The van der Waals surface area contributed by atoms with Gasteiger partial charge < -0.3 is 11.1 Å². The van der Waals surface area contributed by atoms with Gasteiger partial charge in [-0.1, -0.05) is 30.3 Å². The van der Waals surface area contributed by atoms with Crippen molar-refractivity contribution >= 4 is 28.4 Å². The lowest BCUT2D eigenvalue weighted by Gasteiger charge is -2.04. The minimum absolute atomic E-state index is 0.260. The van der Waals surface area contributed by atoms with Crippen LogP contribution < -0.4 is 16.4 Å². The molecule has 3 amide bonds. The van der Waals surface area contributed by atoms with Gasteiger partial charge in [0.15, 0.2) is 5.13 Å². The topological polar surface area (TPSA) is 97.1 Å². The van der Waals surface area contributed by atoms with Crippen LogP contribution in [-0.2, 0) is 4.79 Å². The number of amides is 3. The lowest BCUT2D eigenvalue weighted by atomic mass is 10.2. The van der Waals surface area contributed by atoms with Gasteiger partial charge in [-0.25, -0.2) is 9.78 Å². The number of rotatable bonds is 6. The second-order valence-electron chi connectivity index (χ2n) is 4.35. The van der Waals surface area contributed by atoms with Gasteiger partial charge in [-0.05, 0) is 6.42 Å². The Balaban J connectivity index is 1.82. The molecule has 6 nitrogen and oxygen atoms in total. The molecule has 1 aromatic carbocycles. The minimum Gasteiger partial charge on any atom is -0.370 e. The van der Waals surface area contributed by atoms with Gasteiger partial charge in [-0.3, -0.25) is 10.1 Å². The maximum Gasteiger partial charge on any atom is 0.321 e. The molecule has 0 atom stereocenters. The third kappa shape index (κ3) is 4.88. The van der Waals surface area contributed by atoms with E-state index in [1.807, 2.05) is 35.7 Å². The number of carbonyl (C=O) groups excluding carboxylic acids is 2. The third-order valence-electron chi connectivity index (χ3n) is 2.68. The summed E-state index contributed by atoms with van der Waals surface area (Å²) in [7, 11) is 0. The molecular weight excluding hydrogens is 288 g/mol. The van der Waals surface area contributed by atoms with Crippen molar-refractivity contribution in [3.8, 4) is 11.3 Å². The molecule has 1 heterocycles. The normalized spacial score (nSPS) is 10.1. The van der Waals surface area contributed by atoms with Gasteiger partial charge in [0.2, 0.25) is 5.91 Å². The lowest BCUT2D eigenvalue weighted by Crippen LogP contribution is -2.30. The molecule has 0 fully saturated rings. The molecule has 0 radical (unpaired) electrons. The number of anilines is 1. The van der Waals surface area contributed by atoms with E-state index in [0.717, 1.165) is 11.3 Å². The molecule has 4 N–H and O–H groups in total. The van der Waals surface area contributed by atoms with E-state index < -0.39 is 0 Å². The molecule has 21 heavy (non-hydrogen) atoms. The summed E-state index contributed by atoms with van der Waals surface area (Å²) in [5.41, 5.74) is 6.84. The summed E-state index contributed by atoms with van der Waals surface area (Å²) in [6.45, 7) is 0.395. The number of primary amides is 1. The highest BCUT2D eigenvalue weighted by Gasteiger charge is 2.07. The average molecular weight is 304 g/mol. The molecule has 2 aromatic rings. The lowest BCUT2D eigenvalue weighted by molar-refractivity contribution is -0.118. The van der Waals surface area contributed by atoms with E-state index in [1.165, 1.54) is 11.3 Å². The van der Waals surface area contributed by atoms with Crippen LogP contribution in [0, 0.1) is 0 Å². The summed E-state index contributed by atoms with van der Waals surface area (Å²) in [6, 6.07) is 9.40. The number of nitrogens with two attached hydrogens (primary N) is 1. The monoisotopic (exact) mass is 304 g/mol. The van der Waals surface area contributed by atoms with Crippen LogP contribution in [0.2, 0.25) is 0 Å². The highest BCUT2D eigenvalue weighted by Crippen LogP contribution is 2.24. The first-order valence-electron chi connectivity index (χ1n) is 6.49. The van der Waals surface area contributed by atoms with Crippen molar-refractivity contribution in [2.24, 2.45) is 5.73 Å². The van der Waals surface area contributed by atoms with E-state index in [4.69, 9.17) is 5.73 Å². The average Bonchev–Trinajstić information content (AvgIpc) is 2.93. The summed E-state index contributed by atoms with van der Waals surface area (Å²) in [6.07, 6.45) is 0.783. The van der Waals surface area contributed by atoms with E-state index in [9.17, 15) is 9.59 Å². The predicted octanol–water partition coefficient (Wildman–Crippen LogP) is 2.20. The Kier molecular flexibility index (Phi) is 5.28. The minimum atomic E-state index is -0.371. The zero-order valence-corrected chi connectivity index (χ0v) is 12.2. The van der Waals surface area contributed by atoms with Gasteiger partial charge in [0, 0.05) is 23.9 Å². The largest absolute Gasteiger partial charge is 0.370 e. The second-order valence-corrected chi connectivity index (χ2v) is 5.21. The van der Waals surface area contributed by atoms with E-state index in [1.54, 1.807) is 0 Å². The van der Waals surface area contributed by atoms with Gasteiger partial charge in [0.05, 0.1) is 5.69 Å². The quantitative estimate of drug-likeness (QED) is 0.714. The van der Waals surface area contributed by atoms with Crippen molar-refractivity contribution in [2.45, 2.75) is 12.8 Å². The molecule has 0 aliphatic rings. The molecule has 0 spiro atoms. The van der Waals surface area contributed by atoms with Crippen molar-refractivity contribution in [3.63, 3.8) is 0 Å². The Hall–Kier alpha value is -2.41. The molecule has 0 aliphatic carbocycles. The number of nitrogens with one attached hydrogen (secondary N) is 2. The molecular formula is C14H16N4O2S. The van der Waals surface area contributed by atoms with Crippen molar-refractivity contribution in [3.05, 3.63) is 35.7 Å².